The molecule has 29 heavy (non-hydrogen) atoms. The lowest BCUT2D eigenvalue weighted by molar-refractivity contribution is 0.102. The minimum absolute atomic E-state index is 0.154. The summed E-state index contributed by atoms with van der Waals surface area (Å²) >= 11 is 0. The van der Waals surface area contributed by atoms with Gasteiger partial charge >= 0.3 is 6.03 Å². The molecule has 0 atom stereocenters. The van der Waals surface area contributed by atoms with E-state index in [1.165, 1.54) is 22.5 Å². The molecule has 1 aliphatic rings. The van der Waals surface area contributed by atoms with Gasteiger partial charge in [-0.1, -0.05) is 25.0 Å². The molecule has 2 aromatic rings. The number of urea groups is 1. The number of sulfonamides is 1. The second-order valence-corrected chi connectivity index (χ2v) is 8.81. The van der Waals surface area contributed by atoms with Crippen LogP contribution in [0, 0.1) is 0 Å². The van der Waals surface area contributed by atoms with E-state index in [1.807, 2.05) is 0 Å². The molecule has 1 saturated heterocycles. The van der Waals surface area contributed by atoms with E-state index in [1.54, 1.807) is 30.3 Å². The molecule has 0 bridgehead atoms. The van der Waals surface area contributed by atoms with Gasteiger partial charge in [0.25, 0.3) is 5.91 Å². The van der Waals surface area contributed by atoms with Gasteiger partial charge in [-0.15, -0.1) is 0 Å². The van der Waals surface area contributed by atoms with Crippen molar-refractivity contribution in [3.63, 3.8) is 0 Å². The first-order valence-corrected chi connectivity index (χ1v) is 10.9. The Balaban J connectivity index is 1.77. The maximum absolute atomic E-state index is 13.0. The van der Waals surface area contributed by atoms with Crippen molar-refractivity contribution in [2.45, 2.75) is 30.6 Å². The monoisotopic (exact) mass is 416 g/mol. The predicted molar refractivity (Wildman–Crippen MR) is 111 cm³/mol. The standard InChI is InChI=1S/C20H24N4O4S/c21-20(26)23-16-8-5-7-15(13-16)19(25)22-17-9-6-10-18(14-17)29(27,28)24-11-3-1-2-4-12-24/h5-10,13-14H,1-4,11-12H2,(H,22,25)(H3,21,23,26). The predicted octanol–water partition coefficient (Wildman–Crippen LogP) is 2.99. The molecule has 4 N–H and O–H groups in total. The molecule has 154 valence electrons. The van der Waals surface area contributed by atoms with Crippen LogP contribution in [0.3, 0.4) is 0 Å². The van der Waals surface area contributed by atoms with Crippen LogP contribution in [-0.4, -0.2) is 37.8 Å². The van der Waals surface area contributed by atoms with Crippen LogP contribution in [-0.2, 0) is 10.0 Å². The number of nitrogens with zero attached hydrogens (tertiary/aromatic N) is 1. The molecule has 0 unspecified atom stereocenters. The molecule has 9 heteroatoms. The highest BCUT2D eigenvalue weighted by Crippen LogP contribution is 2.23. The van der Waals surface area contributed by atoms with Crippen molar-refractivity contribution in [3.05, 3.63) is 54.1 Å². The van der Waals surface area contributed by atoms with Crippen molar-refractivity contribution in [1.29, 1.82) is 0 Å². The minimum Gasteiger partial charge on any atom is -0.351 e. The van der Waals surface area contributed by atoms with Crippen LogP contribution < -0.4 is 16.4 Å². The van der Waals surface area contributed by atoms with E-state index >= 15 is 0 Å². The van der Waals surface area contributed by atoms with Crippen LogP contribution in [0.5, 0.6) is 0 Å². The van der Waals surface area contributed by atoms with Gasteiger partial charge in [-0.05, 0) is 49.2 Å². The van der Waals surface area contributed by atoms with Gasteiger partial charge in [0, 0.05) is 30.0 Å². The number of nitrogens with one attached hydrogen (secondary N) is 2. The number of anilines is 2. The molecule has 3 amide bonds. The fraction of sp³-hybridized carbons (Fsp3) is 0.300. The SMILES string of the molecule is NC(=O)Nc1cccc(C(=O)Nc2cccc(S(=O)(=O)N3CCCCCC3)c2)c1. The molecular formula is C20H24N4O4S. The Morgan fingerprint density at radius 1 is 0.862 bits per heavy atom. The number of amides is 3. The zero-order chi connectivity index (χ0) is 20.9. The lowest BCUT2D eigenvalue weighted by atomic mass is 10.2. The van der Waals surface area contributed by atoms with Crippen molar-refractivity contribution < 1.29 is 18.0 Å². The summed E-state index contributed by atoms with van der Waals surface area (Å²) in [5.41, 5.74) is 6.16. The second-order valence-electron chi connectivity index (χ2n) is 6.87. The number of primary amides is 1. The van der Waals surface area contributed by atoms with Gasteiger partial charge < -0.3 is 16.4 Å². The third-order valence-corrected chi connectivity index (χ3v) is 6.58. The van der Waals surface area contributed by atoms with Gasteiger partial charge in [0.15, 0.2) is 0 Å². The van der Waals surface area contributed by atoms with Crippen LogP contribution in [0.1, 0.15) is 36.0 Å². The highest BCUT2D eigenvalue weighted by molar-refractivity contribution is 7.89. The summed E-state index contributed by atoms with van der Waals surface area (Å²) in [6.45, 7) is 1.02. The van der Waals surface area contributed by atoms with Gasteiger partial charge in [-0.2, -0.15) is 4.31 Å². The fourth-order valence-electron chi connectivity index (χ4n) is 3.25. The largest absolute Gasteiger partial charge is 0.351 e. The molecule has 0 saturated carbocycles. The zero-order valence-electron chi connectivity index (χ0n) is 15.9. The lowest BCUT2D eigenvalue weighted by Gasteiger charge is -2.20. The molecule has 2 aromatic carbocycles. The van der Waals surface area contributed by atoms with E-state index < -0.39 is 22.0 Å². The number of nitrogens with two attached hydrogens (primary N) is 1. The number of benzene rings is 2. The number of hydrogen-bond donors (Lipinski definition) is 3. The first-order valence-electron chi connectivity index (χ1n) is 9.44. The normalized spacial score (nSPS) is 15.3. The van der Waals surface area contributed by atoms with Gasteiger partial charge in [0.05, 0.1) is 4.90 Å². The van der Waals surface area contributed by atoms with Crippen LogP contribution >= 0.6 is 0 Å². The molecule has 3 rings (SSSR count). The van der Waals surface area contributed by atoms with E-state index in [2.05, 4.69) is 10.6 Å². The van der Waals surface area contributed by atoms with E-state index in [0.29, 0.717) is 30.0 Å². The number of carbonyl (C=O) groups excluding carboxylic acids is 2. The van der Waals surface area contributed by atoms with Gasteiger partial charge in [0.2, 0.25) is 10.0 Å². The molecule has 1 fully saturated rings. The van der Waals surface area contributed by atoms with Gasteiger partial charge in [0.1, 0.15) is 0 Å². The molecule has 0 radical (unpaired) electrons. The summed E-state index contributed by atoms with van der Waals surface area (Å²) in [6.07, 6.45) is 3.77. The minimum atomic E-state index is -3.61. The first-order chi connectivity index (χ1) is 13.9. The molecule has 0 aliphatic carbocycles. The van der Waals surface area contributed by atoms with Gasteiger partial charge in [-0.25, -0.2) is 13.2 Å². The van der Waals surface area contributed by atoms with Crippen molar-refractivity contribution in [1.82, 2.24) is 4.31 Å². The van der Waals surface area contributed by atoms with Crippen molar-refractivity contribution in [2.75, 3.05) is 23.7 Å². The molecule has 0 aromatic heterocycles. The van der Waals surface area contributed by atoms with Crippen LogP contribution in [0.2, 0.25) is 0 Å². The summed E-state index contributed by atoms with van der Waals surface area (Å²) in [7, 11) is -3.61. The Morgan fingerprint density at radius 3 is 2.14 bits per heavy atom. The fourth-order valence-corrected chi connectivity index (χ4v) is 4.81. The van der Waals surface area contributed by atoms with Crippen LogP contribution in [0.4, 0.5) is 16.2 Å². The Bertz CT molecular complexity index is 999. The third-order valence-electron chi connectivity index (χ3n) is 4.69. The first kappa shape index (κ1) is 20.8. The Labute approximate surface area is 170 Å². The zero-order valence-corrected chi connectivity index (χ0v) is 16.7. The Kier molecular flexibility index (Phi) is 6.50. The molecule has 1 aliphatic heterocycles. The number of hydrogen-bond acceptors (Lipinski definition) is 4. The smallest absolute Gasteiger partial charge is 0.316 e. The summed E-state index contributed by atoms with van der Waals surface area (Å²) in [5.74, 6) is -0.428. The molecule has 8 nitrogen and oxygen atoms in total. The van der Waals surface area contributed by atoms with E-state index in [9.17, 15) is 18.0 Å². The van der Waals surface area contributed by atoms with E-state index in [-0.39, 0.29) is 4.90 Å². The molecule has 0 spiro atoms. The quantitative estimate of drug-likeness (QED) is 0.693. The van der Waals surface area contributed by atoms with E-state index in [0.717, 1.165) is 25.7 Å². The summed E-state index contributed by atoms with van der Waals surface area (Å²) in [6, 6.07) is 11.8. The highest BCUT2D eigenvalue weighted by atomic mass is 32.2. The maximum atomic E-state index is 13.0. The van der Waals surface area contributed by atoms with Crippen molar-refractivity contribution in [3.8, 4) is 0 Å². The summed E-state index contributed by atoms with van der Waals surface area (Å²) < 4.78 is 27.4. The maximum Gasteiger partial charge on any atom is 0.316 e. The average molecular weight is 417 g/mol. The van der Waals surface area contributed by atoms with E-state index in [4.69, 9.17) is 5.73 Å². The highest BCUT2D eigenvalue weighted by Gasteiger charge is 2.25. The number of rotatable bonds is 5. The van der Waals surface area contributed by atoms with Crippen LogP contribution in [0.25, 0.3) is 0 Å². The van der Waals surface area contributed by atoms with Crippen molar-refractivity contribution in [2.24, 2.45) is 5.73 Å². The number of carbonyl (C=O) groups is 2. The molecular weight excluding hydrogens is 392 g/mol. The molecule has 1 heterocycles. The summed E-state index contributed by atoms with van der Waals surface area (Å²) in [4.78, 5) is 23.7. The second kappa shape index (κ2) is 9.06. The third kappa shape index (κ3) is 5.33. The van der Waals surface area contributed by atoms with Gasteiger partial charge in [-0.3, -0.25) is 4.79 Å². The average Bonchev–Trinajstić information content (AvgIpc) is 2.98. The lowest BCUT2D eigenvalue weighted by Crippen LogP contribution is -2.32. The van der Waals surface area contributed by atoms with Crippen molar-refractivity contribution >= 4 is 33.3 Å². The summed E-state index contributed by atoms with van der Waals surface area (Å²) in [5, 5.41) is 5.11. The van der Waals surface area contributed by atoms with Crippen LogP contribution in [0.15, 0.2) is 53.4 Å². The topological polar surface area (TPSA) is 122 Å². The Morgan fingerprint density at radius 2 is 1.48 bits per heavy atom. The Hall–Kier alpha value is -2.91.